The van der Waals surface area contributed by atoms with Crippen LogP contribution in [0.1, 0.15) is 55.7 Å². The lowest BCUT2D eigenvalue weighted by Crippen LogP contribution is -2.46. The summed E-state index contributed by atoms with van der Waals surface area (Å²) in [5.74, 6) is -1.04. The van der Waals surface area contributed by atoms with Crippen LogP contribution in [0.2, 0.25) is 0 Å². The quantitative estimate of drug-likeness (QED) is 0.337. The highest BCUT2D eigenvalue weighted by Crippen LogP contribution is 2.38. The molecule has 0 saturated carbocycles. The van der Waals surface area contributed by atoms with E-state index in [0.717, 1.165) is 35.5 Å². The highest BCUT2D eigenvalue weighted by Gasteiger charge is 2.37. The summed E-state index contributed by atoms with van der Waals surface area (Å²) in [5, 5.41) is 2.97. The van der Waals surface area contributed by atoms with Gasteiger partial charge in [0.25, 0.3) is 11.8 Å². The van der Waals surface area contributed by atoms with Gasteiger partial charge in [0, 0.05) is 18.8 Å². The van der Waals surface area contributed by atoms with Crippen molar-refractivity contribution in [3.8, 4) is 11.5 Å². The Hall–Kier alpha value is -4.16. The summed E-state index contributed by atoms with van der Waals surface area (Å²) in [5.41, 5.74) is 13.9. The van der Waals surface area contributed by atoms with E-state index in [4.69, 9.17) is 25.7 Å². The van der Waals surface area contributed by atoms with E-state index in [0.29, 0.717) is 29.4 Å². The van der Waals surface area contributed by atoms with Crippen LogP contribution >= 0.6 is 11.5 Å². The third-order valence-corrected chi connectivity index (χ3v) is 7.82. The molecule has 2 atom stereocenters. The molecule has 1 fully saturated rings. The number of hydrogen-bond donors (Lipinski definition) is 3. The molecule has 1 saturated heterocycles. The van der Waals surface area contributed by atoms with Crippen molar-refractivity contribution in [3.05, 3.63) is 63.7 Å². The molecule has 11 nitrogen and oxygen atoms in total. The fraction of sp³-hybridized carbons (Fsp3) is 0.357. The van der Waals surface area contributed by atoms with E-state index in [1.807, 2.05) is 19.9 Å². The average molecular weight is 568 g/mol. The number of methoxy groups -OCH3 is 2. The number of aryl methyl sites for hydroxylation is 1. The van der Waals surface area contributed by atoms with Crippen LogP contribution in [-0.2, 0) is 9.53 Å². The third kappa shape index (κ3) is 5.73. The third-order valence-electron chi connectivity index (χ3n) is 6.97. The highest BCUT2D eigenvalue weighted by atomic mass is 32.1. The number of carbonyl (C=O) groups is 3. The molecule has 0 spiro atoms. The lowest BCUT2D eigenvalue weighted by atomic mass is 9.99. The maximum Gasteiger partial charge on any atom is 0.273 e. The molecular formula is C28H33N5O6S. The Balaban J connectivity index is 1.90. The molecule has 212 valence electrons. The van der Waals surface area contributed by atoms with Gasteiger partial charge >= 0.3 is 0 Å². The minimum atomic E-state index is -1.16. The van der Waals surface area contributed by atoms with E-state index >= 15 is 0 Å². The number of anilines is 2. The van der Waals surface area contributed by atoms with E-state index in [1.54, 1.807) is 30.3 Å². The molecule has 1 aliphatic heterocycles. The van der Waals surface area contributed by atoms with Crippen LogP contribution < -0.4 is 31.2 Å². The van der Waals surface area contributed by atoms with Gasteiger partial charge in [-0.25, -0.2) is 0 Å². The van der Waals surface area contributed by atoms with Gasteiger partial charge in [0.2, 0.25) is 5.91 Å². The number of rotatable bonds is 10. The standard InChI is InChI=1S/C28H33N5O6S/c1-15-7-5-9-19(16(15)2)33(28(36)25-22(29)23(26(30)34)32-40-25)24(27(35)31-14-18-8-6-12-39-18)17-10-11-20(37-3)21(13-17)38-4/h5,7,9-11,13,18,24H,6,8,12,14,29H2,1-4H3,(H2,30,34)(H,31,35)/t18-,24-/m1/s1. The molecule has 2 heterocycles. The van der Waals surface area contributed by atoms with Crippen molar-refractivity contribution < 1.29 is 28.6 Å². The molecule has 3 amide bonds. The summed E-state index contributed by atoms with van der Waals surface area (Å²) in [6.07, 6.45) is 1.63. The van der Waals surface area contributed by atoms with Gasteiger partial charge in [0.1, 0.15) is 10.9 Å². The average Bonchev–Trinajstić information content (AvgIpc) is 3.61. The van der Waals surface area contributed by atoms with Crippen LogP contribution in [0.4, 0.5) is 11.4 Å². The summed E-state index contributed by atoms with van der Waals surface area (Å²) >= 11 is 0.754. The van der Waals surface area contributed by atoms with E-state index in [9.17, 15) is 14.4 Å². The fourth-order valence-electron chi connectivity index (χ4n) is 4.66. The summed E-state index contributed by atoms with van der Waals surface area (Å²) in [6, 6.07) is 9.35. The van der Waals surface area contributed by atoms with Gasteiger partial charge in [-0.05, 0) is 73.1 Å². The molecule has 0 aliphatic carbocycles. The first-order chi connectivity index (χ1) is 19.2. The van der Waals surface area contributed by atoms with Crippen LogP contribution in [0, 0.1) is 13.8 Å². The van der Waals surface area contributed by atoms with Crippen molar-refractivity contribution >= 4 is 40.6 Å². The molecule has 2 aromatic carbocycles. The molecule has 4 rings (SSSR count). The summed E-state index contributed by atoms with van der Waals surface area (Å²) in [4.78, 5) is 41.6. The predicted octanol–water partition coefficient (Wildman–Crippen LogP) is 3.14. The molecule has 40 heavy (non-hydrogen) atoms. The van der Waals surface area contributed by atoms with Gasteiger partial charge < -0.3 is 31.0 Å². The lowest BCUT2D eigenvalue weighted by molar-refractivity contribution is -0.123. The highest BCUT2D eigenvalue weighted by molar-refractivity contribution is 7.09. The van der Waals surface area contributed by atoms with E-state index in [2.05, 4.69) is 9.69 Å². The maximum absolute atomic E-state index is 14.3. The number of ether oxygens (including phenoxy) is 3. The van der Waals surface area contributed by atoms with E-state index in [1.165, 1.54) is 19.1 Å². The molecule has 1 aromatic heterocycles. The van der Waals surface area contributed by atoms with Gasteiger partial charge in [-0.3, -0.25) is 19.3 Å². The smallest absolute Gasteiger partial charge is 0.273 e. The van der Waals surface area contributed by atoms with Crippen molar-refractivity contribution in [1.82, 2.24) is 9.69 Å². The summed E-state index contributed by atoms with van der Waals surface area (Å²) < 4.78 is 20.6. The summed E-state index contributed by atoms with van der Waals surface area (Å²) in [6.45, 7) is 4.70. The zero-order valence-electron chi connectivity index (χ0n) is 22.9. The normalized spacial score (nSPS) is 15.3. The van der Waals surface area contributed by atoms with Crippen LogP contribution in [0.3, 0.4) is 0 Å². The predicted molar refractivity (Wildman–Crippen MR) is 152 cm³/mol. The maximum atomic E-state index is 14.3. The van der Waals surface area contributed by atoms with Gasteiger partial charge in [0.05, 0.1) is 26.0 Å². The lowest BCUT2D eigenvalue weighted by Gasteiger charge is -2.33. The SMILES string of the molecule is COc1ccc([C@H](C(=O)NC[C@H]2CCCO2)N(C(=O)c2snc(C(N)=O)c2N)c2cccc(C)c2C)cc1OC. The number of benzene rings is 2. The second-order valence-corrected chi connectivity index (χ2v) is 10.2. The number of aromatic nitrogens is 1. The van der Waals surface area contributed by atoms with Crippen molar-refractivity contribution in [2.75, 3.05) is 38.0 Å². The van der Waals surface area contributed by atoms with Crippen LogP contribution in [-0.4, -0.2) is 55.6 Å². The molecule has 3 aromatic rings. The number of nitrogen functional groups attached to an aromatic ring is 1. The topological polar surface area (TPSA) is 159 Å². The molecule has 0 unspecified atom stereocenters. The minimum absolute atomic E-state index is 0.00731. The van der Waals surface area contributed by atoms with Crippen molar-refractivity contribution in [2.24, 2.45) is 5.73 Å². The number of carbonyl (C=O) groups excluding carboxylic acids is 3. The number of primary amides is 1. The summed E-state index contributed by atoms with van der Waals surface area (Å²) in [7, 11) is 3.00. The zero-order valence-corrected chi connectivity index (χ0v) is 23.7. The van der Waals surface area contributed by atoms with Crippen molar-refractivity contribution in [2.45, 2.75) is 38.8 Å². The zero-order chi connectivity index (χ0) is 29.0. The number of hydrogen-bond acceptors (Lipinski definition) is 9. The van der Waals surface area contributed by atoms with E-state index in [-0.39, 0.29) is 28.9 Å². The Labute approximate surface area is 236 Å². The Morgan fingerprint density at radius 3 is 2.55 bits per heavy atom. The van der Waals surface area contributed by atoms with Gasteiger partial charge in [0.15, 0.2) is 17.2 Å². The Morgan fingerprint density at radius 1 is 1.18 bits per heavy atom. The molecule has 5 N–H and O–H groups in total. The molecule has 0 bridgehead atoms. The largest absolute Gasteiger partial charge is 0.493 e. The van der Waals surface area contributed by atoms with Crippen LogP contribution in [0.15, 0.2) is 36.4 Å². The van der Waals surface area contributed by atoms with E-state index < -0.39 is 23.8 Å². The number of nitrogens with one attached hydrogen (secondary N) is 1. The van der Waals surface area contributed by atoms with Crippen LogP contribution in [0.25, 0.3) is 0 Å². The minimum Gasteiger partial charge on any atom is -0.493 e. The first kappa shape index (κ1) is 28.8. The fourth-order valence-corrected chi connectivity index (χ4v) is 5.40. The Bertz CT molecular complexity index is 1420. The van der Waals surface area contributed by atoms with Gasteiger partial charge in [-0.1, -0.05) is 18.2 Å². The number of amides is 3. The molecular weight excluding hydrogens is 534 g/mol. The first-order valence-corrected chi connectivity index (χ1v) is 13.5. The first-order valence-electron chi connectivity index (χ1n) is 12.7. The molecule has 0 radical (unpaired) electrons. The molecule has 12 heteroatoms. The Morgan fingerprint density at radius 2 is 1.93 bits per heavy atom. The van der Waals surface area contributed by atoms with Crippen molar-refractivity contribution in [3.63, 3.8) is 0 Å². The second kappa shape index (κ2) is 12.3. The molecule has 1 aliphatic rings. The van der Waals surface area contributed by atoms with Crippen molar-refractivity contribution in [1.29, 1.82) is 0 Å². The van der Waals surface area contributed by atoms with Crippen LogP contribution in [0.5, 0.6) is 11.5 Å². The number of nitrogens with zero attached hydrogens (tertiary/aromatic N) is 2. The second-order valence-electron chi connectivity index (χ2n) is 9.43. The Kier molecular flexibility index (Phi) is 8.90. The van der Waals surface area contributed by atoms with Gasteiger partial charge in [-0.15, -0.1) is 0 Å². The monoisotopic (exact) mass is 567 g/mol. The van der Waals surface area contributed by atoms with Gasteiger partial charge in [-0.2, -0.15) is 4.37 Å². The number of nitrogens with two attached hydrogens (primary N) is 2.